The van der Waals surface area contributed by atoms with Crippen LogP contribution in [0.4, 0.5) is 29.0 Å². The van der Waals surface area contributed by atoms with Gasteiger partial charge in [0.1, 0.15) is 5.69 Å². The van der Waals surface area contributed by atoms with E-state index >= 15 is 0 Å². The first kappa shape index (κ1) is 26.4. The van der Waals surface area contributed by atoms with Crippen LogP contribution in [0, 0.1) is 0 Å². The molecule has 0 unspecified atom stereocenters. The summed E-state index contributed by atoms with van der Waals surface area (Å²) >= 11 is 6.40. The summed E-state index contributed by atoms with van der Waals surface area (Å²) in [4.78, 5) is 11.5. The van der Waals surface area contributed by atoms with Crippen molar-refractivity contribution in [2.45, 2.75) is 9.79 Å². The van der Waals surface area contributed by atoms with E-state index in [9.17, 15) is 18.1 Å². The summed E-state index contributed by atoms with van der Waals surface area (Å²) in [5.74, 6) is -0.445. The Hall–Kier alpha value is -3.64. The van der Waals surface area contributed by atoms with Crippen molar-refractivity contribution in [1.29, 1.82) is 0 Å². The SMILES string of the molecule is CNc1nc(Cl)nc(Nc2cc(S(=O)(=O)O)cc3cc(SOOO)c(N=Nc4ccccc4)c(O)c23)n1. The molecule has 5 N–H and O–H groups in total. The number of hydrogen-bond donors (Lipinski definition) is 5. The van der Waals surface area contributed by atoms with Gasteiger partial charge in [-0.15, -0.1) is 9.45 Å². The van der Waals surface area contributed by atoms with Gasteiger partial charge in [0.15, 0.2) is 5.75 Å². The van der Waals surface area contributed by atoms with Gasteiger partial charge in [0.2, 0.25) is 17.2 Å². The molecule has 1 heterocycles. The van der Waals surface area contributed by atoms with Gasteiger partial charge >= 0.3 is 0 Å². The standard InChI is InChI=1S/C20H16ClN7O7S2/c1-22-19-24-18(21)25-20(26-19)23-13-9-12(37(31,32)33)7-10-8-14(36-35-34-30)16(17(29)15(10)13)28-27-11-5-3-2-4-6-11/h2-9,29-30H,1H3,(H,31,32,33)(H2,22,23,24,25,26). The number of phenolic OH excluding ortho intramolecular Hbond substituents is 1. The van der Waals surface area contributed by atoms with Crippen molar-refractivity contribution in [3.63, 3.8) is 0 Å². The van der Waals surface area contributed by atoms with Crippen LogP contribution in [0.3, 0.4) is 0 Å². The number of benzene rings is 3. The fourth-order valence-corrected chi connectivity index (χ4v) is 4.36. The predicted molar refractivity (Wildman–Crippen MR) is 134 cm³/mol. The molecule has 0 aliphatic heterocycles. The minimum Gasteiger partial charge on any atom is -0.505 e. The largest absolute Gasteiger partial charge is 0.505 e. The van der Waals surface area contributed by atoms with Crippen LogP contribution in [0.1, 0.15) is 0 Å². The molecule has 0 fully saturated rings. The van der Waals surface area contributed by atoms with Crippen LogP contribution < -0.4 is 10.6 Å². The average Bonchev–Trinajstić information content (AvgIpc) is 2.86. The number of hydrogen-bond acceptors (Lipinski definition) is 14. The molecule has 0 spiro atoms. The maximum atomic E-state index is 12.0. The molecule has 17 heteroatoms. The van der Waals surface area contributed by atoms with Gasteiger partial charge in [0.05, 0.1) is 33.2 Å². The summed E-state index contributed by atoms with van der Waals surface area (Å²) < 4.78 is 38.2. The van der Waals surface area contributed by atoms with Crippen molar-refractivity contribution in [2.75, 3.05) is 17.7 Å². The minimum absolute atomic E-state index is 0.0287. The quantitative estimate of drug-likeness (QED) is 0.0578. The van der Waals surface area contributed by atoms with Crippen LogP contribution in [0.5, 0.6) is 5.75 Å². The molecule has 4 aromatic rings. The Balaban J connectivity index is 1.96. The zero-order valence-electron chi connectivity index (χ0n) is 18.5. The number of rotatable bonds is 9. The van der Waals surface area contributed by atoms with Gasteiger partial charge in [0.25, 0.3) is 10.1 Å². The Kier molecular flexibility index (Phi) is 7.98. The zero-order chi connectivity index (χ0) is 26.6. The molecule has 0 amide bonds. The lowest BCUT2D eigenvalue weighted by Crippen LogP contribution is -2.05. The summed E-state index contributed by atoms with van der Waals surface area (Å²) in [6.45, 7) is 0. The maximum Gasteiger partial charge on any atom is 0.294 e. The van der Waals surface area contributed by atoms with E-state index in [1.54, 1.807) is 37.4 Å². The lowest BCUT2D eigenvalue weighted by Gasteiger charge is -2.15. The molecule has 4 rings (SSSR count). The van der Waals surface area contributed by atoms with E-state index < -0.39 is 20.8 Å². The summed E-state index contributed by atoms with van der Waals surface area (Å²) in [6.07, 6.45) is 0. The Morgan fingerprint density at radius 3 is 2.46 bits per heavy atom. The fraction of sp³-hybridized carbons (Fsp3) is 0.0500. The van der Waals surface area contributed by atoms with E-state index in [1.807, 2.05) is 0 Å². The molecule has 37 heavy (non-hydrogen) atoms. The summed E-state index contributed by atoms with van der Waals surface area (Å²) in [5.41, 5.74) is 0.335. The number of anilines is 3. The van der Waals surface area contributed by atoms with Crippen molar-refractivity contribution >= 4 is 73.5 Å². The Bertz CT molecular complexity index is 1590. The van der Waals surface area contributed by atoms with Crippen LogP contribution >= 0.6 is 23.6 Å². The number of fused-ring (bicyclic) bond motifs is 1. The molecule has 0 bridgehead atoms. The summed E-state index contributed by atoms with van der Waals surface area (Å²) in [7, 11) is -3.13. The van der Waals surface area contributed by atoms with E-state index in [-0.39, 0.29) is 44.2 Å². The minimum atomic E-state index is -4.69. The lowest BCUT2D eigenvalue weighted by atomic mass is 10.1. The molecule has 0 radical (unpaired) electrons. The topological polar surface area (TPSA) is 201 Å². The van der Waals surface area contributed by atoms with Gasteiger partial charge in [-0.3, -0.25) is 4.55 Å². The molecule has 0 atom stereocenters. The Morgan fingerprint density at radius 2 is 1.78 bits per heavy atom. The number of nitrogens with zero attached hydrogens (tertiary/aromatic N) is 5. The van der Waals surface area contributed by atoms with Gasteiger partial charge in [-0.2, -0.15) is 28.5 Å². The van der Waals surface area contributed by atoms with Crippen LogP contribution in [-0.4, -0.2) is 45.3 Å². The first-order valence-electron chi connectivity index (χ1n) is 9.98. The Morgan fingerprint density at radius 1 is 1.05 bits per heavy atom. The molecule has 192 valence electrons. The summed E-state index contributed by atoms with van der Waals surface area (Å²) in [5, 5.41) is 37.2. The highest BCUT2D eigenvalue weighted by Crippen LogP contribution is 2.47. The monoisotopic (exact) mass is 565 g/mol. The van der Waals surface area contributed by atoms with E-state index in [1.165, 1.54) is 6.07 Å². The lowest BCUT2D eigenvalue weighted by molar-refractivity contribution is -0.432. The van der Waals surface area contributed by atoms with Crippen LogP contribution in [0.25, 0.3) is 10.8 Å². The molecule has 0 aliphatic rings. The second-order valence-electron chi connectivity index (χ2n) is 7.00. The molecular weight excluding hydrogens is 550 g/mol. The van der Waals surface area contributed by atoms with E-state index in [2.05, 4.69) is 45.2 Å². The predicted octanol–water partition coefficient (Wildman–Crippen LogP) is 5.26. The third kappa shape index (κ3) is 6.20. The van der Waals surface area contributed by atoms with Crippen molar-refractivity contribution in [3.05, 3.63) is 53.8 Å². The van der Waals surface area contributed by atoms with E-state index in [4.69, 9.17) is 16.9 Å². The van der Waals surface area contributed by atoms with Crippen molar-refractivity contribution in [1.82, 2.24) is 15.0 Å². The molecule has 3 aromatic carbocycles. The Labute approximate surface area is 218 Å². The normalized spacial score (nSPS) is 11.8. The highest BCUT2D eigenvalue weighted by Gasteiger charge is 2.22. The van der Waals surface area contributed by atoms with Gasteiger partial charge in [-0.25, -0.2) is 5.26 Å². The second kappa shape index (κ2) is 11.2. The molecule has 0 saturated carbocycles. The maximum absolute atomic E-state index is 12.0. The van der Waals surface area contributed by atoms with Crippen molar-refractivity contribution in [3.8, 4) is 5.75 Å². The smallest absolute Gasteiger partial charge is 0.294 e. The van der Waals surface area contributed by atoms with E-state index in [0.717, 1.165) is 12.1 Å². The molecule has 0 aliphatic carbocycles. The summed E-state index contributed by atoms with van der Waals surface area (Å²) in [6, 6.07) is 12.2. The second-order valence-corrected chi connectivity index (χ2v) is 9.51. The van der Waals surface area contributed by atoms with Gasteiger partial charge in [-0.05, 0) is 47.3 Å². The number of phenols is 1. The number of aromatic nitrogens is 3. The van der Waals surface area contributed by atoms with E-state index in [0.29, 0.717) is 17.7 Å². The molecule has 14 nitrogen and oxygen atoms in total. The average molecular weight is 566 g/mol. The highest BCUT2D eigenvalue weighted by atomic mass is 35.5. The first-order valence-corrected chi connectivity index (χ1v) is 12.5. The number of nitrogens with one attached hydrogen (secondary N) is 2. The van der Waals surface area contributed by atoms with Crippen LogP contribution in [0.15, 0.2) is 68.6 Å². The van der Waals surface area contributed by atoms with Crippen molar-refractivity contribution < 1.29 is 32.7 Å². The van der Waals surface area contributed by atoms with Gasteiger partial charge < -0.3 is 15.7 Å². The fourth-order valence-electron chi connectivity index (χ4n) is 3.16. The van der Waals surface area contributed by atoms with Gasteiger partial charge in [-0.1, -0.05) is 23.2 Å². The number of azo groups is 1. The third-order valence-electron chi connectivity index (χ3n) is 4.68. The number of halogens is 1. The highest BCUT2D eigenvalue weighted by molar-refractivity contribution is 7.94. The van der Waals surface area contributed by atoms with Crippen molar-refractivity contribution in [2.24, 2.45) is 10.2 Å². The third-order valence-corrected chi connectivity index (χ3v) is 6.30. The molecule has 1 aromatic heterocycles. The number of aromatic hydroxyl groups is 1. The van der Waals surface area contributed by atoms with Crippen LogP contribution in [-0.2, 0) is 19.5 Å². The zero-order valence-corrected chi connectivity index (χ0v) is 20.9. The molecule has 0 saturated heterocycles. The van der Waals surface area contributed by atoms with Crippen LogP contribution in [0.2, 0.25) is 5.28 Å². The molecular formula is C20H16ClN7O7S2. The first-order chi connectivity index (χ1) is 17.7. The van der Waals surface area contributed by atoms with Gasteiger partial charge in [0, 0.05) is 12.4 Å².